The fourth-order valence-electron chi connectivity index (χ4n) is 2.47. The molecule has 0 unspecified atom stereocenters. The lowest BCUT2D eigenvalue weighted by Gasteiger charge is -2.07. The first-order chi connectivity index (χ1) is 10.6. The molecule has 2 aromatic heterocycles. The molecule has 114 valence electrons. The number of nitrogens with zero attached hydrogens (tertiary/aromatic N) is 3. The molecule has 0 radical (unpaired) electrons. The van der Waals surface area contributed by atoms with Crippen LogP contribution in [-0.2, 0) is 13.1 Å². The van der Waals surface area contributed by atoms with Gasteiger partial charge >= 0.3 is 0 Å². The monoisotopic (exact) mass is 361 g/mol. The fourth-order valence-corrected chi connectivity index (χ4v) is 3.00. The van der Waals surface area contributed by atoms with Gasteiger partial charge in [-0.05, 0) is 40.5 Å². The Morgan fingerprint density at radius 2 is 2.00 bits per heavy atom. The molecule has 6 heteroatoms. The minimum absolute atomic E-state index is 0.0825. The van der Waals surface area contributed by atoms with Crippen molar-refractivity contribution in [2.45, 2.75) is 20.0 Å². The fraction of sp³-hybridized carbons (Fsp3) is 0.250. The molecule has 2 heterocycles. The molecule has 0 bridgehead atoms. The van der Waals surface area contributed by atoms with Crippen LogP contribution < -0.4 is 10.3 Å². The maximum Gasteiger partial charge on any atom is 0.291 e. The Hall–Kier alpha value is -2.08. The van der Waals surface area contributed by atoms with E-state index in [2.05, 4.69) is 21.0 Å². The van der Waals surface area contributed by atoms with Crippen LogP contribution >= 0.6 is 15.9 Å². The first-order valence-corrected chi connectivity index (χ1v) is 7.80. The van der Waals surface area contributed by atoms with Crippen LogP contribution in [0.25, 0.3) is 10.9 Å². The summed E-state index contributed by atoms with van der Waals surface area (Å²) in [5.41, 5.74) is 1.60. The topological polar surface area (TPSA) is 49.0 Å². The third-order valence-electron chi connectivity index (χ3n) is 3.66. The average molecular weight is 362 g/mol. The molecule has 1 aromatic carbocycles. The molecule has 0 fully saturated rings. The average Bonchev–Trinajstić information content (AvgIpc) is 2.87. The van der Waals surface area contributed by atoms with Crippen LogP contribution in [0.2, 0.25) is 0 Å². The highest BCUT2D eigenvalue weighted by molar-refractivity contribution is 9.10. The number of methoxy groups -OCH3 is 1. The summed E-state index contributed by atoms with van der Waals surface area (Å²) in [6.07, 6.45) is 3.65. The van der Waals surface area contributed by atoms with Gasteiger partial charge in [-0.25, -0.2) is 4.68 Å². The lowest BCUT2D eigenvalue weighted by molar-refractivity contribution is 0.414. The Morgan fingerprint density at radius 1 is 1.27 bits per heavy atom. The van der Waals surface area contributed by atoms with Crippen LogP contribution in [0.5, 0.6) is 5.75 Å². The molecule has 0 spiro atoms. The lowest BCUT2D eigenvalue weighted by Crippen LogP contribution is -2.24. The predicted molar refractivity (Wildman–Crippen MR) is 89.5 cm³/mol. The van der Waals surface area contributed by atoms with Gasteiger partial charge in [0.25, 0.3) is 5.56 Å². The first-order valence-electron chi connectivity index (χ1n) is 7.01. The van der Waals surface area contributed by atoms with E-state index < -0.39 is 0 Å². The van der Waals surface area contributed by atoms with Crippen molar-refractivity contribution in [1.29, 1.82) is 0 Å². The van der Waals surface area contributed by atoms with E-state index in [0.717, 1.165) is 27.7 Å². The van der Waals surface area contributed by atoms with Crippen molar-refractivity contribution in [2.75, 3.05) is 7.11 Å². The molecular weight excluding hydrogens is 346 g/mol. The summed E-state index contributed by atoms with van der Waals surface area (Å²) in [5.74, 6) is 0.795. The van der Waals surface area contributed by atoms with Crippen LogP contribution in [0.4, 0.5) is 0 Å². The molecular formula is C16H16BrN3O2. The van der Waals surface area contributed by atoms with E-state index >= 15 is 0 Å². The number of rotatable bonds is 4. The summed E-state index contributed by atoms with van der Waals surface area (Å²) in [6, 6.07) is 7.63. The number of hydrogen-bond acceptors (Lipinski definition) is 3. The molecule has 22 heavy (non-hydrogen) atoms. The van der Waals surface area contributed by atoms with Crippen LogP contribution in [-0.4, -0.2) is 21.5 Å². The van der Waals surface area contributed by atoms with E-state index in [1.807, 2.05) is 42.0 Å². The zero-order chi connectivity index (χ0) is 15.7. The normalized spacial score (nSPS) is 11.0. The molecule has 5 nitrogen and oxygen atoms in total. The molecule has 0 atom stereocenters. The minimum Gasteiger partial charge on any atom is -0.497 e. The van der Waals surface area contributed by atoms with E-state index in [1.165, 1.54) is 4.68 Å². The lowest BCUT2D eigenvalue weighted by atomic mass is 10.2. The molecule has 0 saturated carbocycles. The van der Waals surface area contributed by atoms with Gasteiger partial charge in [0.1, 0.15) is 11.3 Å². The van der Waals surface area contributed by atoms with Crippen molar-refractivity contribution in [3.63, 3.8) is 0 Å². The van der Waals surface area contributed by atoms with Crippen molar-refractivity contribution in [1.82, 2.24) is 14.3 Å². The number of halogens is 1. The van der Waals surface area contributed by atoms with E-state index in [4.69, 9.17) is 4.74 Å². The maximum atomic E-state index is 12.7. The summed E-state index contributed by atoms with van der Waals surface area (Å²) >= 11 is 3.48. The van der Waals surface area contributed by atoms with Gasteiger partial charge < -0.3 is 9.30 Å². The Bertz CT molecular complexity index is 865. The van der Waals surface area contributed by atoms with Gasteiger partial charge in [0.2, 0.25) is 0 Å². The van der Waals surface area contributed by atoms with Crippen molar-refractivity contribution < 1.29 is 4.74 Å². The zero-order valence-corrected chi connectivity index (χ0v) is 14.0. The standard InChI is InChI=1S/C16H16BrN3O2/c1-3-19-10-14(17)13-8-18-20(16(21)15(13)19)9-11-4-6-12(22-2)7-5-11/h4-8,10H,3,9H2,1-2H3. The van der Waals surface area contributed by atoms with Gasteiger partial charge in [-0.1, -0.05) is 12.1 Å². The number of aryl methyl sites for hydroxylation is 1. The van der Waals surface area contributed by atoms with Gasteiger partial charge in [0.05, 0.1) is 19.9 Å². The number of hydrogen-bond donors (Lipinski definition) is 0. The molecule has 3 aromatic rings. The number of fused-ring (bicyclic) bond motifs is 1. The number of aromatic nitrogens is 3. The molecule has 0 aliphatic rings. The highest BCUT2D eigenvalue weighted by Gasteiger charge is 2.12. The third kappa shape index (κ3) is 2.54. The minimum atomic E-state index is -0.0825. The number of ether oxygens (including phenoxy) is 1. The van der Waals surface area contributed by atoms with Gasteiger partial charge in [-0.3, -0.25) is 4.79 Å². The summed E-state index contributed by atoms with van der Waals surface area (Å²) < 4.78 is 9.46. The largest absolute Gasteiger partial charge is 0.497 e. The van der Waals surface area contributed by atoms with E-state index in [9.17, 15) is 4.79 Å². The molecule has 3 rings (SSSR count). The Labute approximate surface area is 136 Å². The second kappa shape index (κ2) is 5.96. The van der Waals surface area contributed by atoms with Crippen molar-refractivity contribution in [2.24, 2.45) is 0 Å². The Balaban J connectivity index is 2.03. The second-order valence-corrected chi connectivity index (χ2v) is 5.84. The van der Waals surface area contributed by atoms with Crippen molar-refractivity contribution in [3.8, 4) is 5.75 Å². The van der Waals surface area contributed by atoms with E-state index in [-0.39, 0.29) is 5.56 Å². The van der Waals surface area contributed by atoms with Crippen LogP contribution in [0.1, 0.15) is 12.5 Å². The maximum absolute atomic E-state index is 12.7. The summed E-state index contributed by atoms with van der Waals surface area (Å²) in [4.78, 5) is 12.7. The zero-order valence-electron chi connectivity index (χ0n) is 12.4. The van der Waals surface area contributed by atoms with E-state index in [1.54, 1.807) is 13.3 Å². The molecule has 0 saturated heterocycles. The molecule has 0 N–H and O–H groups in total. The summed E-state index contributed by atoms with van der Waals surface area (Å²) in [7, 11) is 1.63. The van der Waals surface area contributed by atoms with Crippen molar-refractivity contribution in [3.05, 3.63) is 57.0 Å². The SMILES string of the molecule is CCn1cc(Br)c2cnn(Cc3ccc(OC)cc3)c(=O)c21. The predicted octanol–water partition coefficient (Wildman–Crippen LogP) is 3.04. The van der Waals surface area contributed by atoms with Gasteiger partial charge in [0, 0.05) is 22.6 Å². The second-order valence-electron chi connectivity index (χ2n) is 4.98. The quantitative estimate of drug-likeness (QED) is 0.717. The van der Waals surface area contributed by atoms with Gasteiger partial charge in [-0.2, -0.15) is 5.10 Å². The highest BCUT2D eigenvalue weighted by atomic mass is 79.9. The van der Waals surface area contributed by atoms with Gasteiger partial charge in [0.15, 0.2) is 0 Å². The molecule has 0 aliphatic carbocycles. The Morgan fingerprint density at radius 3 is 2.64 bits per heavy atom. The Kier molecular flexibility index (Phi) is 4.02. The number of benzene rings is 1. The third-order valence-corrected chi connectivity index (χ3v) is 4.30. The first kappa shape index (κ1) is 14.8. The van der Waals surface area contributed by atoms with Crippen LogP contribution in [0, 0.1) is 0 Å². The summed E-state index contributed by atoms with van der Waals surface area (Å²) in [5, 5.41) is 5.13. The van der Waals surface area contributed by atoms with Crippen LogP contribution in [0.3, 0.4) is 0 Å². The van der Waals surface area contributed by atoms with E-state index in [0.29, 0.717) is 12.1 Å². The van der Waals surface area contributed by atoms with Gasteiger partial charge in [-0.15, -0.1) is 0 Å². The van der Waals surface area contributed by atoms with Crippen LogP contribution in [0.15, 0.2) is 45.9 Å². The highest BCUT2D eigenvalue weighted by Crippen LogP contribution is 2.23. The molecule has 0 amide bonds. The smallest absolute Gasteiger partial charge is 0.291 e. The van der Waals surface area contributed by atoms with Crippen molar-refractivity contribution >= 4 is 26.8 Å². The molecule has 0 aliphatic heterocycles. The summed E-state index contributed by atoms with van der Waals surface area (Å²) in [6.45, 7) is 3.19.